The molecule has 0 aliphatic heterocycles. The Morgan fingerprint density at radius 1 is 1.06 bits per heavy atom. The van der Waals surface area contributed by atoms with E-state index in [-0.39, 0.29) is 0 Å². The van der Waals surface area contributed by atoms with E-state index in [0.717, 1.165) is 22.4 Å². The molecule has 1 aromatic heterocycles. The summed E-state index contributed by atoms with van der Waals surface area (Å²) in [6.45, 7) is 5.99. The van der Waals surface area contributed by atoms with E-state index in [9.17, 15) is 0 Å². The second kappa shape index (κ2) is 4.45. The summed E-state index contributed by atoms with van der Waals surface area (Å²) in [4.78, 5) is 4.16. The first-order valence-corrected chi connectivity index (χ1v) is 5.53. The molecule has 0 unspecified atom stereocenters. The zero-order chi connectivity index (χ0) is 12.4. The second-order valence-electron chi connectivity index (χ2n) is 4.25. The normalized spacial score (nSPS) is 10.3. The van der Waals surface area contributed by atoms with Crippen LogP contribution < -0.4 is 10.5 Å². The summed E-state index contributed by atoms with van der Waals surface area (Å²) in [7, 11) is 0. The number of nitrogens with zero attached hydrogens (tertiary/aromatic N) is 1. The summed E-state index contributed by atoms with van der Waals surface area (Å²) >= 11 is 0. The topological polar surface area (TPSA) is 48.1 Å². The number of hydrogen-bond acceptors (Lipinski definition) is 3. The number of nitrogen functional groups attached to an aromatic ring is 1. The highest BCUT2D eigenvalue weighted by Crippen LogP contribution is 2.26. The first kappa shape index (κ1) is 11.5. The van der Waals surface area contributed by atoms with Gasteiger partial charge in [0.2, 0.25) is 5.88 Å². The first-order chi connectivity index (χ1) is 8.06. The number of anilines is 1. The third-order valence-corrected chi connectivity index (χ3v) is 2.68. The highest BCUT2D eigenvalue weighted by molar-refractivity contribution is 5.46. The number of benzene rings is 1. The Morgan fingerprint density at radius 3 is 2.53 bits per heavy atom. The van der Waals surface area contributed by atoms with Crippen molar-refractivity contribution in [2.24, 2.45) is 0 Å². The van der Waals surface area contributed by atoms with Crippen LogP contribution in [0.25, 0.3) is 0 Å². The van der Waals surface area contributed by atoms with Gasteiger partial charge in [0.05, 0.1) is 11.9 Å². The fraction of sp³-hybridized carbons (Fsp3) is 0.214. The van der Waals surface area contributed by atoms with Gasteiger partial charge in [0, 0.05) is 6.07 Å². The van der Waals surface area contributed by atoms with Gasteiger partial charge in [-0.3, -0.25) is 0 Å². The quantitative estimate of drug-likeness (QED) is 0.857. The molecule has 0 spiro atoms. The van der Waals surface area contributed by atoms with Gasteiger partial charge in [-0.1, -0.05) is 12.1 Å². The summed E-state index contributed by atoms with van der Waals surface area (Å²) in [5.74, 6) is 1.41. The van der Waals surface area contributed by atoms with Gasteiger partial charge >= 0.3 is 0 Å². The fourth-order valence-electron chi connectivity index (χ4n) is 1.53. The third-order valence-electron chi connectivity index (χ3n) is 2.68. The molecule has 3 nitrogen and oxygen atoms in total. The van der Waals surface area contributed by atoms with Crippen LogP contribution in [0.3, 0.4) is 0 Å². The summed E-state index contributed by atoms with van der Waals surface area (Å²) < 4.78 is 5.76. The van der Waals surface area contributed by atoms with Gasteiger partial charge in [0.25, 0.3) is 0 Å². The van der Waals surface area contributed by atoms with Gasteiger partial charge in [-0.2, -0.15) is 0 Å². The van der Waals surface area contributed by atoms with Crippen LogP contribution in [0, 0.1) is 20.8 Å². The van der Waals surface area contributed by atoms with Crippen molar-refractivity contribution >= 4 is 5.69 Å². The molecule has 2 N–H and O–H groups in total. The molecule has 0 radical (unpaired) electrons. The average molecular weight is 228 g/mol. The summed E-state index contributed by atoms with van der Waals surface area (Å²) in [6.07, 6.45) is 1.62. The van der Waals surface area contributed by atoms with Crippen LogP contribution in [0.1, 0.15) is 16.7 Å². The molecule has 2 rings (SSSR count). The molecular weight excluding hydrogens is 212 g/mol. The van der Waals surface area contributed by atoms with E-state index in [2.05, 4.69) is 11.1 Å². The van der Waals surface area contributed by atoms with E-state index in [1.165, 1.54) is 0 Å². The number of pyridine rings is 1. The Hall–Kier alpha value is -2.03. The predicted octanol–water partition coefficient (Wildman–Crippen LogP) is 3.38. The van der Waals surface area contributed by atoms with Crippen LogP contribution in [0.5, 0.6) is 11.6 Å². The van der Waals surface area contributed by atoms with Gasteiger partial charge in [0.15, 0.2) is 0 Å². The molecule has 88 valence electrons. The molecule has 0 saturated heterocycles. The molecule has 0 fully saturated rings. The summed E-state index contributed by atoms with van der Waals surface area (Å²) in [6, 6.07) is 7.94. The minimum Gasteiger partial charge on any atom is -0.439 e. The van der Waals surface area contributed by atoms with Gasteiger partial charge < -0.3 is 10.5 Å². The van der Waals surface area contributed by atoms with Gasteiger partial charge in [-0.25, -0.2) is 4.98 Å². The Kier molecular flexibility index (Phi) is 3.00. The van der Waals surface area contributed by atoms with Crippen molar-refractivity contribution in [3.63, 3.8) is 0 Å². The van der Waals surface area contributed by atoms with E-state index in [0.29, 0.717) is 11.6 Å². The van der Waals surface area contributed by atoms with Crippen LogP contribution in [0.2, 0.25) is 0 Å². The summed E-state index contributed by atoms with van der Waals surface area (Å²) in [5, 5.41) is 0. The highest BCUT2D eigenvalue weighted by atomic mass is 16.5. The fourth-order valence-corrected chi connectivity index (χ4v) is 1.53. The minimum atomic E-state index is 0.574. The Balaban J connectivity index is 2.31. The van der Waals surface area contributed by atoms with Crippen LogP contribution in [0.15, 0.2) is 30.5 Å². The summed E-state index contributed by atoms with van der Waals surface area (Å²) in [5.41, 5.74) is 9.62. The standard InChI is InChI=1S/C14H16N2O/c1-9-4-5-10(2)13(6-9)17-14-7-11(3)12(15)8-16-14/h4-8H,15H2,1-3H3. The largest absolute Gasteiger partial charge is 0.439 e. The van der Waals surface area contributed by atoms with Crippen LogP contribution in [0.4, 0.5) is 5.69 Å². The van der Waals surface area contributed by atoms with Gasteiger partial charge in [-0.05, 0) is 43.5 Å². The van der Waals surface area contributed by atoms with E-state index < -0.39 is 0 Å². The molecule has 2 aromatic rings. The molecule has 1 aromatic carbocycles. The molecule has 17 heavy (non-hydrogen) atoms. The monoisotopic (exact) mass is 228 g/mol. The van der Waals surface area contributed by atoms with Gasteiger partial charge in [0.1, 0.15) is 5.75 Å². The SMILES string of the molecule is Cc1ccc(C)c(Oc2cc(C)c(N)cn2)c1. The molecule has 0 atom stereocenters. The number of rotatable bonds is 2. The number of aryl methyl sites for hydroxylation is 3. The van der Waals surface area contributed by atoms with Crippen molar-refractivity contribution in [2.75, 3.05) is 5.73 Å². The molecule has 0 amide bonds. The molecule has 0 bridgehead atoms. The maximum atomic E-state index is 5.76. The molecule has 0 aliphatic rings. The molecule has 0 saturated carbocycles. The van der Waals surface area contributed by atoms with Crippen molar-refractivity contribution in [2.45, 2.75) is 20.8 Å². The highest BCUT2D eigenvalue weighted by Gasteiger charge is 2.04. The minimum absolute atomic E-state index is 0.574. The Bertz CT molecular complexity index is 550. The zero-order valence-electron chi connectivity index (χ0n) is 10.3. The lowest BCUT2D eigenvalue weighted by molar-refractivity contribution is 0.459. The van der Waals surface area contributed by atoms with Crippen molar-refractivity contribution < 1.29 is 4.74 Å². The number of hydrogen-bond donors (Lipinski definition) is 1. The average Bonchev–Trinajstić information content (AvgIpc) is 2.29. The zero-order valence-corrected chi connectivity index (χ0v) is 10.3. The molecule has 3 heteroatoms. The van der Waals surface area contributed by atoms with Gasteiger partial charge in [-0.15, -0.1) is 0 Å². The first-order valence-electron chi connectivity index (χ1n) is 5.53. The third kappa shape index (κ3) is 2.56. The predicted molar refractivity (Wildman–Crippen MR) is 69.4 cm³/mol. The maximum absolute atomic E-state index is 5.76. The van der Waals surface area contributed by atoms with Crippen LogP contribution in [-0.2, 0) is 0 Å². The van der Waals surface area contributed by atoms with E-state index in [1.54, 1.807) is 6.20 Å². The van der Waals surface area contributed by atoms with E-state index in [1.807, 2.05) is 39.0 Å². The van der Waals surface area contributed by atoms with Crippen molar-refractivity contribution in [1.82, 2.24) is 4.98 Å². The molecule has 1 heterocycles. The number of nitrogens with two attached hydrogens (primary N) is 1. The second-order valence-corrected chi connectivity index (χ2v) is 4.25. The Morgan fingerprint density at radius 2 is 1.82 bits per heavy atom. The lowest BCUT2D eigenvalue weighted by Gasteiger charge is -2.09. The number of aromatic nitrogens is 1. The Labute approximate surface area is 101 Å². The van der Waals surface area contributed by atoms with E-state index in [4.69, 9.17) is 10.5 Å². The smallest absolute Gasteiger partial charge is 0.219 e. The lowest BCUT2D eigenvalue weighted by Crippen LogP contribution is -1.95. The van der Waals surface area contributed by atoms with Crippen molar-refractivity contribution in [3.05, 3.63) is 47.2 Å². The van der Waals surface area contributed by atoms with Crippen molar-refractivity contribution in [1.29, 1.82) is 0 Å². The van der Waals surface area contributed by atoms with Crippen molar-refractivity contribution in [3.8, 4) is 11.6 Å². The lowest BCUT2D eigenvalue weighted by atomic mass is 10.1. The van der Waals surface area contributed by atoms with E-state index >= 15 is 0 Å². The molecule has 0 aliphatic carbocycles. The van der Waals surface area contributed by atoms with Crippen LogP contribution in [-0.4, -0.2) is 4.98 Å². The van der Waals surface area contributed by atoms with Crippen LogP contribution >= 0.6 is 0 Å². The maximum Gasteiger partial charge on any atom is 0.219 e. The molecular formula is C14H16N2O. The number of ether oxygens (including phenoxy) is 1.